The van der Waals surface area contributed by atoms with Gasteiger partial charge in [0, 0.05) is 0 Å². The second-order valence-electron chi connectivity index (χ2n) is 4.26. The van der Waals surface area contributed by atoms with Gasteiger partial charge in [0.2, 0.25) is 0 Å². The fourth-order valence-electron chi connectivity index (χ4n) is 1.91. The molecule has 1 atom stereocenters. The third kappa shape index (κ3) is 3.08. The van der Waals surface area contributed by atoms with Gasteiger partial charge in [-0.1, -0.05) is 54.6 Å². The fraction of sp³-hybridized carbons (Fsp3) is 0.176. The van der Waals surface area contributed by atoms with Crippen LogP contribution in [0.5, 0.6) is 0 Å². The molecule has 0 fully saturated rings. The van der Waals surface area contributed by atoms with Gasteiger partial charge < -0.3 is 4.74 Å². The first-order chi connectivity index (χ1) is 8.81. The highest BCUT2D eigenvalue weighted by Gasteiger charge is 2.06. The molecule has 2 aromatic rings. The van der Waals surface area contributed by atoms with Crippen molar-refractivity contribution in [2.45, 2.75) is 13.0 Å². The van der Waals surface area contributed by atoms with Gasteiger partial charge in [0.1, 0.15) is 0 Å². The van der Waals surface area contributed by atoms with E-state index >= 15 is 0 Å². The van der Waals surface area contributed by atoms with Crippen molar-refractivity contribution in [1.29, 1.82) is 0 Å². The molecule has 0 saturated carbocycles. The first-order valence-electron chi connectivity index (χ1n) is 6.19. The smallest absolute Gasteiger partial charge is 0.0801 e. The largest absolute Gasteiger partial charge is 0.370 e. The second-order valence-corrected chi connectivity index (χ2v) is 4.26. The number of rotatable bonds is 5. The van der Waals surface area contributed by atoms with Crippen LogP contribution >= 0.6 is 0 Å². The van der Waals surface area contributed by atoms with E-state index in [4.69, 9.17) is 4.74 Å². The summed E-state index contributed by atoms with van der Waals surface area (Å²) in [7, 11) is 0. The van der Waals surface area contributed by atoms with E-state index in [9.17, 15) is 0 Å². The molecule has 2 rings (SSSR count). The number of hydrogen-bond acceptors (Lipinski definition) is 1. The van der Waals surface area contributed by atoms with Gasteiger partial charge in [-0.3, -0.25) is 0 Å². The van der Waals surface area contributed by atoms with Gasteiger partial charge in [-0.15, -0.1) is 6.58 Å². The van der Waals surface area contributed by atoms with Crippen LogP contribution in [0.25, 0.3) is 11.1 Å². The molecule has 0 aliphatic heterocycles. The summed E-state index contributed by atoms with van der Waals surface area (Å²) in [6.45, 7) is 6.31. The maximum Gasteiger partial charge on any atom is 0.0801 e. The number of ether oxygens (including phenoxy) is 1. The van der Waals surface area contributed by atoms with Crippen molar-refractivity contribution >= 4 is 0 Å². The van der Waals surface area contributed by atoms with Gasteiger partial charge in [-0.2, -0.15) is 0 Å². The standard InChI is InChI=1S/C17H18O/c1-3-12-18-14(2)16-10-7-11-17(13-16)15-8-5-4-6-9-15/h3-11,13-14H,1,12H2,2H3. The Labute approximate surface area is 109 Å². The van der Waals surface area contributed by atoms with E-state index in [0.29, 0.717) is 6.61 Å². The summed E-state index contributed by atoms with van der Waals surface area (Å²) in [5.74, 6) is 0. The third-order valence-electron chi connectivity index (χ3n) is 2.93. The van der Waals surface area contributed by atoms with Crippen molar-refractivity contribution in [3.8, 4) is 11.1 Å². The lowest BCUT2D eigenvalue weighted by molar-refractivity contribution is 0.0888. The monoisotopic (exact) mass is 238 g/mol. The molecule has 0 aliphatic rings. The highest BCUT2D eigenvalue weighted by atomic mass is 16.5. The Kier molecular flexibility index (Phi) is 4.32. The molecule has 0 radical (unpaired) electrons. The zero-order valence-corrected chi connectivity index (χ0v) is 10.7. The third-order valence-corrected chi connectivity index (χ3v) is 2.93. The van der Waals surface area contributed by atoms with Crippen LogP contribution in [0.15, 0.2) is 67.3 Å². The van der Waals surface area contributed by atoms with Crippen molar-refractivity contribution in [1.82, 2.24) is 0 Å². The Balaban J connectivity index is 2.22. The van der Waals surface area contributed by atoms with Gasteiger partial charge in [0.25, 0.3) is 0 Å². The topological polar surface area (TPSA) is 9.23 Å². The lowest BCUT2D eigenvalue weighted by Crippen LogP contribution is -1.99. The Morgan fingerprint density at radius 3 is 2.50 bits per heavy atom. The Morgan fingerprint density at radius 2 is 1.78 bits per heavy atom. The van der Waals surface area contributed by atoms with E-state index in [1.165, 1.54) is 16.7 Å². The van der Waals surface area contributed by atoms with Crippen molar-refractivity contribution in [2.75, 3.05) is 6.61 Å². The van der Waals surface area contributed by atoms with E-state index in [2.05, 4.69) is 62.0 Å². The molecule has 2 aromatic carbocycles. The summed E-state index contributed by atoms with van der Waals surface area (Å²) < 4.78 is 5.65. The van der Waals surface area contributed by atoms with E-state index < -0.39 is 0 Å². The van der Waals surface area contributed by atoms with Crippen LogP contribution in [-0.2, 0) is 4.74 Å². The molecule has 1 nitrogen and oxygen atoms in total. The van der Waals surface area contributed by atoms with Crippen molar-refractivity contribution in [3.05, 3.63) is 72.8 Å². The van der Waals surface area contributed by atoms with Crippen LogP contribution in [0.3, 0.4) is 0 Å². The average Bonchev–Trinajstić information content (AvgIpc) is 2.46. The molecule has 0 spiro atoms. The van der Waals surface area contributed by atoms with Gasteiger partial charge in [-0.25, -0.2) is 0 Å². The van der Waals surface area contributed by atoms with Gasteiger partial charge >= 0.3 is 0 Å². The lowest BCUT2D eigenvalue weighted by atomic mass is 10.0. The first-order valence-corrected chi connectivity index (χ1v) is 6.19. The lowest BCUT2D eigenvalue weighted by Gasteiger charge is -2.13. The van der Waals surface area contributed by atoms with Crippen molar-refractivity contribution < 1.29 is 4.74 Å². The molecule has 0 aromatic heterocycles. The maximum absolute atomic E-state index is 5.65. The van der Waals surface area contributed by atoms with E-state index in [1.54, 1.807) is 6.08 Å². The number of benzene rings is 2. The molecular formula is C17H18O. The molecule has 92 valence electrons. The van der Waals surface area contributed by atoms with Crippen LogP contribution in [0.1, 0.15) is 18.6 Å². The molecule has 1 heteroatoms. The molecule has 0 bridgehead atoms. The first kappa shape index (κ1) is 12.6. The normalized spacial score (nSPS) is 12.1. The maximum atomic E-state index is 5.65. The minimum absolute atomic E-state index is 0.0895. The van der Waals surface area contributed by atoms with Gasteiger partial charge in [-0.05, 0) is 29.7 Å². The summed E-state index contributed by atoms with van der Waals surface area (Å²) >= 11 is 0. The predicted octanol–water partition coefficient (Wildman–Crippen LogP) is 4.62. The molecule has 18 heavy (non-hydrogen) atoms. The Bertz CT molecular complexity index is 502. The molecular weight excluding hydrogens is 220 g/mol. The summed E-state index contributed by atoms with van der Waals surface area (Å²) in [6, 6.07) is 18.9. The molecule has 0 heterocycles. The molecule has 1 unspecified atom stereocenters. The summed E-state index contributed by atoms with van der Waals surface area (Å²) in [6.07, 6.45) is 1.86. The average molecular weight is 238 g/mol. The zero-order valence-electron chi connectivity index (χ0n) is 10.7. The number of hydrogen-bond donors (Lipinski definition) is 0. The summed E-state index contributed by atoms with van der Waals surface area (Å²) in [5, 5.41) is 0. The Hall–Kier alpha value is -1.86. The fourth-order valence-corrected chi connectivity index (χ4v) is 1.91. The molecule has 0 aliphatic carbocycles. The highest BCUT2D eigenvalue weighted by molar-refractivity contribution is 5.64. The second kappa shape index (κ2) is 6.18. The quantitative estimate of drug-likeness (QED) is 0.691. The molecule has 0 saturated heterocycles. The van der Waals surface area contributed by atoms with Crippen molar-refractivity contribution in [2.24, 2.45) is 0 Å². The van der Waals surface area contributed by atoms with E-state index in [1.807, 2.05) is 6.07 Å². The summed E-state index contributed by atoms with van der Waals surface area (Å²) in [5.41, 5.74) is 3.65. The van der Waals surface area contributed by atoms with Crippen LogP contribution < -0.4 is 0 Å². The highest BCUT2D eigenvalue weighted by Crippen LogP contribution is 2.24. The van der Waals surface area contributed by atoms with Gasteiger partial charge in [0.05, 0.1) is 12.7 Å². The van der Waals surface area contributed by atoms with E-state index in [-0.39, 0.29) is 6.10 Å². The predicted molar refractivity (Wildman–Crippen MR) is 76.4 cm³/mol. The van der Waals surface area contributed by atoms with Crippen LogP contribution in [0, 0.1) is 0 Å². The minimum atomic E-state index is 0.0895. The van der Waals surface area contributed by atoms with Crippen LogP contribution in [0.4, 0.5) is 0 Å². The summed E-state index contributed by atoms with van der Waals surface area (Å²) in [4.78, 5) is 0. The Morgan fingerprint density at radius 1 is 1.06 bits per heavy atom. The SMILES string of the molecule is C=CCOC(C)c1cccc(-c2ccccc2)c1. The molecule has 0 amide bonds. The minimum Gasteiger partial charge on any atom is -0.370 e. The zero-order chi connectivity index (χ0) is 12.8. The van der Waals surface area contributed by atoms with Crippen LogP contribution in [0.2, 0.25) is 0 Å². The molecule has 0 N–H and O–H groups in total. The van der Waals surface area contributed by atoms with Gasteiger partial charge in [0.15, 0.2) is 0 Å². The van der Waals surface area contributed by atoms with E-state index in [0.717, 1.165) is 0 Å². The van der Waals surface area contributed by atoms with Crippen molar-refractivity contribution in [3.63, 3.8) is 0 Å². The van der Waals surface area contributed by atoms with Crippen LogP contribution in [-0.4, -0.2) is 6.61 Å².